The molecule has 1 amide bonds. The van der Waals surface area contributed by atoms with E-state index in [2.05, 4.69) is 9.88 Å². The minimum Gasteiger partial charge on any atom is -0.368 e. The molecule has 1 aromatic carbocycles. The average molecular weight is 480 g/mol. The fraction of sp³-hybridized carbons (Fsp3) is 0.545. The molecule has 10 heteroatoms. The Kier molecular flexibility index (Phi) is 6.78. The van der Waals surface area contributed by atoms with Gasteiger partial charge in [-0.15, -0.1) is 0 Å². The van der Waals surface area contributed by atoms with Gasteiger partial charge in [-0.05, 0) is 51.0 Å². The highest BCUT2D eigenvalue weighted by atomic mass is 35.5. The first-order valence-corrected chi connectivity index (χ1v) is 12.9. The first-order chi connectivity index (χ1) is 15.3. The van der Waals surface area contributed by atoms with Crippen molar-refractivity contribution in [3.8, 4) is 0 Å². The number of piperidine rings is 1. The second kappa shape index (κ2) is 9.41. The number of anilines is 1. The SMILES string of the molecule is CC(C)n1cnc(S(=O)(=O)N2CCC[C@H](C(=O)N3CCN(c4ccc(Cl)cc4)CC3)C2)c1. The Bertz CT molecular complexity index is 1050. The molecule has 0 spiro atoms. The predicted molar refractivity (Wildman–Crippen MR) is 124 cm³/mol. The van der Waals surface area contributed by atoms with Crippen molar-refractivity contribution in [2.45, 2.75) is 37.8 Å². The number of sulfonamides is 1. The zero-order chi connectivity index (χ0) is 22.9. The zero-order valence-corrected chi connectivity index (χ0v) is 20.1. The summed E-state index contributed by atoms with van der Waals surface area (Å²) in [7, 11) is -3.71. The van der Waals surface area contributed by atoms with E-state index in [-0.39, 0.29) is 29.4 Å². The summed E-state index contributed by atoms with van der Waals surface area (Å²) in [5, 5.41) is 0.756. The van der Waals surface area contributed by atoms with Crippen molar-refractivity contribution in [1.29, 1.82) is 0 Å². The number of hydrogen-bond donors (Lipinski definition) is 0. The lowest BCUT2D eigenvalue weighted by atomic mass is 9.97. The summed E-state index contributed by atoms with van der Waals surface area (Å²) in [4.78, 5) is 21.4. The summed E-state index contributed by atoms with van der Waals surface area (Å²) < 4.78 is 29.4. The van der Waals surface area contributed by atoms with Gasteiger partial charge in [0.15, 0.2) is 5.03 Å². The van der Waals surface area contributed by atoms with Crippen molar-refractivity contribution in [3.05, 3.63) is 41.8 Å². The Morgan fingerprint density at radius 2 is 1.78 bits per heavy atom. The first kappa shape index (κ1) is 23.1. The van der Waals surface area contributed by atoms with E-state index in [1.165, 1.54) is 4.31 Å². The fourth-order valence-corrected chi connectivity index (χ4v) is 5.89. The van der Waals surface area contributed by atoms with E-state index < -0.39 is 10.0 Å². The van der Waals surface area contributed by atoms with E-state index in [4.69, 9.17) is 11.6 Å². The number of imidazole rings is 1. The highest BCUT2D eigenvalue weighted by Gasteiger charge is 2.36. The third-order valence-electron chi connectivity index (χ3n) is 6.29. The van der Waals surface area contributed by atoms with Gasteiger partial charge in [-0.1, -0.05) is 11.6 Å². The molecular weight excluding hydrogens is 450 g/mol. The second-order valence-corrected chi connectivity index (χ2v) is 11.1. The first-order valence-electron chi connectivity index (χ1n) is 11.1. The summed E-state index contributed by atoms with van der Waals surface area (Å²) in [6.07, 6.45) is 4.50. The summed E-state index contributed by atoms with van der Waals surface area (Å²) in [5.41, 5.74) is 1.09. The monoisotopic (exact) mass is 479 g/mol. The van der Waals surface area contributed by atoms with Crippen LogP contribution in [0.15, 0.2) is 41.8 Å². The van der Waals surface area contributed by atoms with Crippen LogP contribution in [0.4, 0.5) is 5.69 Å². The van der Waals surface area contributed by atoms with Crippen LogP contribution in [0, 0.1) is 5.92 Å². The van der Waals surface area contributed by atoms with E-state index in [1.807, 2.05) is 43.0 Å². The van der Waals surface area contributed by atoms with Crippen LogP contribution in [0.5, 0.6) is 0 Å². The van der Waals surface area contributed by atoms with Gasteiger partial charge in [0.2, 0.25) is 5.91 Å². The largest absolute Gasteiger partial charge is 0.368 e. The third-order valence-corrected chi connectivity index (χ3v) is 8.30. The van der Waals surface area contributed by atoms with Crippen LogP contribution in [0.1, 0.15) is 32.7 Å². The molecule has 0 radical (unpaired) electrons. The molecule has 0 unspecified atom stereocenters. The number of halogens is 1. The molecule has 2 fully saturated rings. The highest BCUT2D eigenvalue weighted by Crippen LogP contribution is 2.26. The summed E-state index contributed by atoms with van der Waals surface area (Å²) in [6.45, 7) is 7.33. The van der Waals surface area contributed by atoms with Crippen molar-refractivity contribution >= 4 is 33.2 Å². The van der Waals surface area contributed by atoms with Crippen molar-refractivity contribution < 1.29 is 13.2 Å². The van der Waals surface area contributed by atoms with E-state index in [0.29, 0.717) is 37.5 Å². The summed E-state index contributed by atoms with van der Waals surface area (Å²) in [5.74, 6) is -0.263. The maximum atomic E-state index is 13.2. The molecule has 0 N–H and O–H groups in total. The summed E-state index contributed by atoms with van der Waals surface area (Å²) >= 11 is 5.98. The Labute approximate surface area is 194 Å². The number of amides is 1. The van der Waals surface area contributed by atoms with Crippen molar-refractivity contribution in [2.75, 3.05) is 44.2 Å². The molecule has 174 valence electrons. The van der Waals surface area contributed by atoms with Gasteiger partial charge >= 0.3 is 0 Å². The highest BCUT2D eigenvalue weighted by molar-refractivity contribution is 7.89. The van der Waals surface area contributed by atoms with Crippen LogP contribution in [-0.4, -0.2) is 72.3 Å². The number of aromatic nitrogens is 2. The van der Waals surface area contributed by atoms with Crippen LogP contribution in [0.2, 0.25) is 5.02 Å². The normalized spacial score (nSPS) is 20.7. The quantitative estimate of drug-likeness (QED) is 0.658. The lowest BCUT2D eigenvalue weighted by molar-refractivity contribution is -0.137. The lowest BCUT2D eigenvalue weighted by Gasteiger charge is -2.39. The molecule has 0 aliphatic carbocycles. The van der Waals surface area contributed by atoms with Gasteiger partial charge in [0.05, 0.1) is 12.2 Å². The van der Waals surface area contributed by atoms with Gasteiger partial charge in [-0.2, -0.15) is 4.31 Å². The second-order valence-electron chi connectivity index (χ2n) is 8.74. The topological polar surface area (TPSA) is 78.8 Å². The Hall–Kier alpha value is -2.10. The lowest BCUT2D eigenvalue weighted by Crippen LogP contribution is -2.53. The average Bonchev–Trinajstić information content (AvgIpc) is 3.31. The Balaban J connectivity index is 1.38. The predicted octanol–water partition coefficient (Wildman–Crippen LogP) is 2.87. The van der Waals surface area contributed by atoms with E-state index in [1.54, 1.807) is 17.1 Å². The van der Waals surface area contributed by atoms with Gasteiger partial charge in [0, 0.05) is 62.2 Å². The van der Waals surface area contributed by atoms with Crippen LogP contribution in [0.25, 0.3) is 0 Å². The molecular formula is C22H30ClN5O3S. The maximum absolute atomic E-state index is 13.2. The Morgan fingerprint density at radius 3 is 2.41 bits per heavy atom. The van der Waals surface area contributed by atoms with Crippen molar-refractivity contribution in [3.63, 3.8) is 0 Å². The number of piperazine rings is 1. The number of carbonyl (C=O) groups is 1. The van der Waals surface area contributed by atoms with Gasteiger partial charge in [0.1, 0.15) is 0 Å². The summed E-state index contributed by atoms with van der Waals surface area (Å²) in [6, 6.07) is 7.86. The molecule has 2 aromatic rings. The number of nitrogens with zero attached hydrogens (tertiary/aromatic N) is 5. The Morgan fingerprint density at radius 1 is 1.09 bits per heavy atom. The maximum Gasteiger partial charge on any atom is 0.262 e. The number of rotatable bonds is 5. The molecule has 0 saturated carbocycles. The van der Waals surface area contributed by atoms with E-state index in [0.717, 1.165) is 18.8 Å². The van der Waals surface area contributed by atoms with E-state index >= 15 is 0 Å². The van der Waals surface area contributed by atoms with Crippen molar-refractivity contribution in [1.82, 2.24) is 18.8 Å². The van der Waals surface area contributed by atoms with Crippen LogP contribution in [0.3, 0.4) is 0 Å². The third kappa shape index (κ3) is 4.79. The standard InChI is InChI=1S/C22H30ClN5O3S/c1-17(2)27-15-21(24-16-27)32(30,31)28-9-3-4-18(14-28)22(29)26-12-10-25(11-13-26)20-7-5-19(23)6-8-20/h5-8,15-18H,3-4,9-14H2,1-2H3/t18-/m0/s1. The van der Waals surface area contributed by atoms with Crippen LogP contribution < -0.4 is 4.90 Å². The smallest absolute Gasteiger partial charge is 0.262 e. The number of carbonyl (C=O) groups excluding carboxylic acids is 1. The van der Waals surface area contributed by atoms with Gasteiger partial charge in [0.25, 0.3) is 10.0 Å². The van der Waals surface area contributed by atoms with Crippen LogP contribution >= 0.6 is 11.6 Å². The molecule has 8 nitrogen and oxygen atoms in total. The molecule has 32 heavy (non-hydrogen) atoms. The van der Waals surface area contributed by atoms with Gasteiger partial charge < -0.3 is 14.4 Å². The molecule has 0 bridgehead atoms. The minimum absolute atomic E-state index is 0.0494. The van der Waals surface area contributed by atoms with E-state index in [9.17, 15) is 13.2 Å². The van der Waals surface area contributed by atoms with Gasteiger partial charge in [-0.3, -0.25) is 4.79 Å². The van der Waals surface area contributed by atoms with Gasteiger partial charge in [-0.25, -0.2) is 13.4 Å². The molecule has 2 aliphatic heterocycles. The number of benzene rings is 1. The molecule has 4 rings (SSSR count). The fourth-order valence-electron chi connectivity index (χ4n) is 4.32. The van der Waals surface area contributed by atoms with Crippen molar-refractivity contribution in [2.24, 2.45) is 5.92 Å². The number of hydrogen-bond acceptors (Lipinski definition) is 5. The molecule has 2 saturated heterocycles. The zero-order valence-electron chi connectivity index (χ0n) is 18.5. The molecule has 1 atom stereocenters. The van der Waals surface area contributed by atoms with Crippen LogP contribution in [-0.2, 0) is 14.8 Å². The molecule has 3 heterocycles. The molecule has 1 aromatic heterocycles. The minimum atomic E-state index is -3.71. The molecule has 2 aliphatic rings.